The number of hydrogen-bond acceptors (Lipinski definition) is 0. The maximum Gasteiger partial charge on any atom is 0.132 e. The van der Waals surface area contributed by atoms with Crippen LogP contribution in [0.1, 0.15) is 5.56 Å². The van der Waals surface area contributed by atoms with Gasteiger partial charge in [-0.15, -0.1) is 0 Å². The van der Waals surface area contributed by atoms with Gasteiger partial charge in [0, 0.05) is 16.1 Å². The quantitative estimate of drug-likeness (QED) is 0.711. The molecule has 12 heavy (non-hydrogen) atoms. The summed E-state index contributed by atoms with van der Waals surface area (Å²) in [7, 11) is 0. The summed E-state index contributed by atoms with van der Waals surface area (Å²) in [6.45, 7) is 1.88. The number of aromatic nitrogens is 1. The fourth-order valence-electron chi connectivity index (χ4n) is 1.33. The molecule has 1 aromatic heterocycles. The first-order chi connectivity index (χ1) is 5.70. The summed E-state index contributed by atoms with van der Waals surface area (Å²) in [5.74, 6) is -0.174. The van der Waals surface area contributed by atoms with Crippen LogP contribution >= 0.6 is 15.9 Å². The molecule has 2 rings (SSSR count). The lowest BCUT2D eigenvalue weighted by atomic mass is 10.2. The fourth-order valence-corrected chi connectivity index (χ4v) is 1.78. The minimum absolute atomic E-state index is 0.174. The molecule has 0 aliphatic heterocycles. The van der Waals surface area contributed by atoms with Gasteiger partial charge in [-0.1, -0.05) is 0 Å². The standard InChI is InChI=1S/C9H7BrFN/c1-5-4-12-9-6(10)2-3-7(11)8(5)9/h2-4,12H,1H3. The van der Waals surface area contributed by atoms with Gasteiger partial charge in [0.25, 0.3) is 0 Å². The van der Waals surface area contributed by atoms with Gasteiger partial charge in [0.15, 0.2) is 0 Å². The molecule has 1 N–H and O–H groups in total. The maximum absolute atomic E-state index is 13.2. The third kappa shape index (κ3) is 0.966. The number of fused-ring (bicyclic) bond motifs is 1. The lowest BCUT2D eigenvalue weighted by Gasteiger charge is -1.96. The normalized spacial score (nSPS) is 10.9. The van der Waals surface area contributed by atoms with E-state index in [1.54, 1.807) is 12.3 Å². The fraction of sp³-hybridized carbons (Fsp3) is 0.111. The van der Waals surface area contributed by atoms with Gasteiger partial charge in [0.2, 0.25) is 0 Å². The Hall–Kier alpha value is -0.830. The topological polar surface area (TPSA) is 15.8 Å². The average molecular weight is 228 g/mol. The van der Waals surface area contributed by atoms with Crippen LogP contribution in [-0.2, 0) is 0 Å². The predicted molar refractivity (Wildman–Crippen MR) is 50.7 cm³/mol. The van der Waals surface area contributed by atoms with E-state index >= 15 is 0 Å². The van der Waals surface area contributed by atoms with Crippen molar-refractivity contribution >= 4 is 26.8 Å². The van der Waals surface area contributed by atoms with Crippen LogP contribution < -0.4 is 0 Å². The molecule has 0 fully saturated rings. The van der Waals surface area contributed by atoms with E-state index in [9.17, 15) is 4.39 Å². The van der Waals surface area contributed by atoms with Gasteiger partial charge < -0.3 is 4.98 Å². The molecule has 0 unspecified atom stereocenters. The van der Waals surface area contributed by atoms with Crippen LogP contribution in [0.2, 0.25) is 0 Å². The Labute approximate surface area is 77.7 Å². The Morgan fingerprint density at radius 2 is 2.17 bits per heavy atom. The summed E-state index contributed by atoms with van der Waals surface area (Å²) in [5, 5.41) is 0.671. The first kappa shape index (κ1) is 7.80. The van der Waals surface area contributed by atoms with E-state index in [-0.39, 0.29) is 5.82 Å². The summed E-state index contributed by atoms with van der Waals surface area (Å²) in [5.41, 5.74) is 1.76. The maximum atomic E-state index is 13.2. The highest BCUT2D eigenvalue weighted by Crippen LogP contribution is 2.27. The first-order valence-electron chi connectivity index (χ1n) is 3.62. The number of benzene rings is 1. The highest BCUT2D eigenvalue weighted by atomic mass is 79.9. The number of rotatable bonds is 0. The monoisotopic (exact) mass is 227 g/mol. The third-order valence-corrected chi connectivity index (χ3v) is 2.59. The van der Waals surface area contributed by atoms with Crippen molar-refractivity contribution < 1.29 is 4.39 Å². The minimum Gasteiger partial charge on any atom is -0.360 e. The summed E-state index contributed by atoms with van der Waals surface area (Å²) in [4.78, 5) is 3.01. The van der Waals surface area contributed by atoms with Gasteiger partial charge in [0.1, 0.15) is 5.82 Å². The van der Waals surface area contributed by atoms with Crippen LogP contribution in [0.4, 0.5) is 4.39 Å². The summed E-state index contributed by atoms with van der Waals surface area (Å²) >= 11 is 3.35. The number of aromatic amines is 1. The van der Waals surface area contributed by atoms with Crippen LogP contribution in [0, 0.1) is 12.7 Å². The molecule has 1 aromatic carbocycles. The van der Waals surface area contributed by atoms with Gasteiger partial charge in [0.05, 0.1) is 5.52 Å². The number of nitrogens with one attached hydrogen (secondary N) is 1. The molecule has 0 amide bonds. The van der Waals surface area contributed by atoms with Crippen molar-refractivity contribution in [1.29, 1.82) is 0 Å². The van der Waals surface area contributed by atoms with E-state index in [2.05, 4.69) is 20.9 Å². The Kier molecular flexibility index (Phi) is 1.68. The second kappa shape index (κ2) is 2.59. The molecule has 0 radical (unpaired) electrons. The first-order valence-corrected chi connectivity index (χ1v) is 4.41. The molecule has 3 heteroatoms. The van der Waals surface area contributed by atoms with Crippen molar-refractivity contribution in [3.05, 3.63) is 34.2 Å². The van der Waals surface area contributed by atoms with E-state index in [0.29, 0.717) is 5.39 Å². The van der Waals surface area contributed by atoms with E-state index in [1.165, 1.54) is 6.07 Å². The Morgan fingerprint density at radius 1 is 1.42 bits per heavy atom. The summed E-state index contributed by atoms with van der Waals surface area (Å²) in [6, 6.07) is 3.17. The molecule has 0 aliphatic carbocycles. The van der Waals surface area contributed by atoms with E-state index in [4.69, 9.17) is 0 Å². The molecule has 0 saturated carbocycles. The lowest BCUT2D eigenvalue weighted by molar-refractivity contribution is 0.639. The molecular formula is C9H7BrFN. The van der Waals surface area contributed by atoms with Gasteiger partial charge >= 0.3 is 0 Å². The third-order valence-electron chi connectivity index (χ3n) is 1.93. The zero-order chi connectivity index (χ0) is 8.72. The molecule has 1 nitrogen and oxygen atoms in total. The van der Waals surface area contributed by atoms with E-state index in [0.717, 1.165) is 15.6 Å². The Morgan fingerprint density at radius 3 is 2.83 bits per heavy atom. The smallest absolute Gasteiger partial charge is 0.132 e. The van der Waals surface area contributed by atoms with Crippen LogP contribution in [-0.4, -0.2) is 4.98 Å². The zero-order valence-electron chi connectivity index (χ0n) is 6.49. The van der Waals surface area contributed by atoms with Crippen molar-refractivity contribution in [2.75, 3.05) is 0 Å². The molecule has 62 valence electrons. The predicted octanol–water partition coefficient (Wildman–Crippen LogP) is 3.38. The lowest BCUT2D eigenvalue weighted by Crippen LogP contribution is -1.78. The second-order valence-corrected chi connectivity index (χ2v) is 3.61. The average Bonchev–Trinajstić information content (AvgIpc) is 2.42. The van der Waals surface area contributed by atoms with E-state index in [1.807, 2.05) is 6.92 Å². The SMILES string of the molecule is Cc1c[nH]c2c(Br)ccc(F)c12. The minimum atomic E-state index is -0.174. The molecule has 0 saturated heterocycles. The molecule has 0 spiro atoms. The van der Waals surface area contributed by atoms with Crippen molar-refractivity contribution in [3.8, 4) is 0 Å². The molecule has 2 aromatic rings. The van der Waals surface area contributed by atoms with Gasteiger partial charge in [-0.25, -0.2) is 4.39 Å². The largest absolute Gasteiger partial charge is 0.360 e. The summed E-state index contributed by atoms with van der Waals surface area (Å²) in [6.07, 6.45) is 1.80. The zero-order valence-corrected chi connectivity index (χ0v) is 8.07. The highest BCUT2D eigenvalue weighted by Gasteiger charge is 2.07. The van der Waals surface area contributed by atoms with Crippen LogP contribution in [0.5, 0.6) is 0 Å². The molecule has 0 atom stereocenters. The van der Waals surface area contributed by atoms with E-state index < -0.39 is 0 Å². The number of aryl methyl sites for hydroxylation is 1. The number of halogens is 2. The summed E-state index contributed by atoms with van der Waals surface area (Å²) < 4.78 is 14.1. The van der Waals surface area contributed by atoms with Crippen LogP contribution in [0.15, 0.2) is 22.8 Å². The van der Waals surface area contributed by atoms with Crippen LogP contribution in [0.3, 0.4) is 0 Å². The number of hydrogen-bond donors (Lipinski definition) is 1. The van der Waals surface area contributed by atoms with Gasteiger partial charge in [-0.3, -0.25) is 0 Å². The van der Waals surface area contributed by atoms with Crippen molar-refractivity contribution in [3.63, 3.8) is 0 Å². The van der Waals surface area contributed by atoms with Crippen LogP contribution in [0.25, 0.3) is 10.9 Å². The van der Waals surface area contributed by atoms with Gasteiger partial charge in [-0.2, -0.15) is 0 Å². The Bertz CT molecular complexity index is 433. The Balaban J connectivity index is 2.98. The van der Waals surface area contributed by atoms with Crippen molar-refractivity contribution in [1.82, 2.24) is 4.98 Å². The van der Waals surface area contributed by atoms with Crippen molar-refractivity contribution in [2.24, 2.45) is 0 Å². The number of H-pyrrole nitrogens is 1. The van der Waals surface area contributed by atoms with Gasteiger partial charge in [-0.05, 0) is 40.5 Å². The molecule has 1 heterocycles. The molecule has 0 bridgehead atoms. The molecular weight excluding hydrogens is 221 g/mol. The highest BCUT2D eigenvalue weighted by molar-refractivity contribution is 9.10. The molecule has 0 aliphatic rings. The second-order valence-electron chi connectivity index (χ2n) is 2.75. The van der Waals surface area contributed by atoms with Crippen molar-refractivity contribution in [2.45, 2.75) is 6.92 Å².